The van der Waals surface area contributed by atoms with Gasteiger partial charge in [-0.1, -0.05) is 6.07 Å². The van der Waals surface area contributed by atoms with Crippen molar-refractivity contribution in [3.63, 3.8) is 0 Å². The summed E-state index contributed by atoms with van der Waals surface area (Å²) in [5.74, 6) is 0.756. The lowest BCUT2D eigenvalue weighted by molar-refractivity contribution is 0.0529. The standard InChI is InChI=1S/C23H28FN5O/c1-16-15-28(10-11-30-16)23-9-4-19(13-26-23)12-25-14-22-17(2)27-29(18(22)3)21-7-5-20(24)6-8-21/h4-9,13,16,25H,10-12,14-15H2,1-3H3. The molecule has 158 valence electrons. The first kappa shape index (κ1) is 20.5. The number of aromatic nitrogens is 3. The number of nitrogens with one attached hydrogen (secondary N) is 1. The Morgan fingerprint density at radius 3 is 2.63 bits per heavy atom. The molecule has 0 radical (unpaired) electrons. The van der Waals surface area contributed by atoms with Gasteiger partial charge in [0.15, 0.2) is 0 Å². The van der Waals surface area contributed by atoms with Gasteiger partial charge in [-0.3, -0.25) is 0 Å². The van der Waals surface area contributed by atoms with Crippen molar-refractivity contribution in [2.75, 3.05) is 24.6 Å². The number of morpholine rings is 1. The molecule has 30 heavy (non-hydrogen) atoms. The summed E-state index contributed by atoms with van der Waals surface area (Å²) in [6.07, 6.45) is 2.17. The summed E-state index contributed by atoms with van der Waals surface area (Å²) >= 11 is 0. The normalized spacial score (nSPS) is 16.8. The van der Waals surface area contributed by atoms with Gasteiger partial charge < -0.3 is 15.0 Å². The molecule has 3 heterocycles. The first-order chi connectivity index (χ1) is 14.5. The number of nitrogens with zero attached hydrogens (tertiary/aromatic N) is 4. The SMILES string of the molecule is Cc1nn(-c2ccc(F)cc2)c(C)c1CNCc1ccc(N2CCOC(C)C2)nc1. The second kappa shape index (κ2) is 8.93. The van der Waals surface area contributed by atoms with Gasteiger partial charge in [0.05, 0.1) is 24.1 Å². The van der Waals surface area contributed by atoms with E-state index in [9.17, 15) is 4.39 Å². The Kier molecular flexibility index (Phi) is 6.11. The highest BCUT2D eigenvalue weighted by molar-refractivity contribution is 5.40. The maximum Gasteiger partial charge on any atom is 0.128 e. The minimum Gasteiger partial charge on any atom is -0.375 e. The molecule has 0 spiro atoms. The zero-order valence-electron chi connectivity index (χ0n) is 17.7. The van der Waals surface area contributed by atoms with E-state index in [1.165, 1.54) is 12.1 Å². The quantitative estimate of drug-likeness (QED) is 0.675. The lowest BCUT2D eigenvalue weighted by atomic mass is 10.2. The molecule has 0 amide bonds. The topological polar surface area (TPSA) is 55.2 Å². The van der Waals surface area contributed by atoms with Gasteiger partial charge >= 0.3 is 0 Å². The van der Waals surface area contributed by atoms with Gasteiger partial charge in [0.1, 0.15) is 11.6 Å². The molecule has 0 saturated carbocycles. The fourth-order valence-electron chi connectivity index (χ4n) is 3.83. The summed E-state index contributed by atoms with van der Waals surface area (Å²) in [6.45, 7) is 10.1. The van der Waals surface area contributed by atoms with Crippen LogP contribution in [-0.2, 0) is 17.8 Å². The average Bonchev–Trinajstić information content (AvgIpc) is 3.03. The summed E-state index contributed by atoms with van der Waals surface area (Å²) in [7, 11) is 0. The average molecular weight is 410 g/mol. The molecule has 1 aliphatic heterocycles. The lowest BCUT2D eigenvalue weighted by Gasteiger charge is -2.32. The third kappa shape index (κ3) is 4.52. The molecule has 2 aromatic heterocycles. The van der Waals surface area contributed by atoms with Gasteiger partial charge in [-0.25, -0.2) is 14.1 Å². The van der Waals surface area contributed by atoms with Gasteiger partial charge in [-0.2, -0.15) is 5.10 Å². The van der Waals surface area contributed by atoms with E-state index in [1.54, 1.807) is 12.1 Å². The minimum atomic E-state index is -0.245. The fraction of sp³-hybridized carbons (Fsp3) is 0.391. The third-order valence-corrected chi connectivity index (χ3v) is 5.52. The molecule has 1 unspecified atom stereocenters. The van der Waals surface area contributed by atoms with Gasteiger partial charge in [0, 0.05) is 43.6 Å². The van der Waals surface area contributed by atoms with E-state index in [-0.39, 0.29) is 11.9 Å². The summed E-state index contributed by atoms with van der Waals surface area (Å²) in [6, 6.07) is 10.6. The fourth-order valence-corrected chi connectivity index (χ4v) is 3.83. The molecule has 1 aliphatic rings. The molecule has 7 heteroatoms. The van der Waals surface area contributed by atoms with Crippen LogP contribution in [0, 0.1) is 19.7 Å². The molecule has 3 aromatic rings. The first-order valence-corrected chi connectivity index (χ1v) is 10.3. The lowest BCUT2D eigenvalue weighted by Crippen LogP contribution is -2.41. The molecule has 0 aliphatic carbocycles. The Labute approximate surface area is 176 Å². The number of hydrogen-bond acceptors (Lipinski definition) is 5. The Hall–Kier alpha value is -2.77. The van der Waals surface area contributed by atoms with Crippen LogP contribution in [0.15, 0.2) is 42.6 Å². The molecular formula is C23H28FN5O. The molecular weight excluding hydrogens is 381 g/mol. The zero-order chi connectivity index (χ0) is 21.1. The molecule has 1 saturated heterocycles. The van der Waals surface area contributed by atoms with Crippen molar-refractivity contribution >= 4 is 5.82 Å². The van der Waals surface area contributed by atoms with Crippen LogP contribution in [-0.4, -0.2) is 40.6 Å². The van der Waals surface area contributed by atoms with Gasteiger partial charge in [0.2, 0.25) is 0 Å². The smallest absolute Gasteiger partial charge is 0.128 e. The zero-order valence-corrected chi connectivity index (χ0v) is 17.7. The number of anilines is 1. The van der Waals surface area contributed by atoms with Crippen LogP contribution in [0.3, 0.4) is 0 Å². The first-order valence-electron chi connectivity index (χ1n) is 10.3. The second-order valence-electron chi connectivity index (χ2n) is 7.79. The van der Waals surface area contributed by atoms with E-state index in [2.05, 4.69) is 39.4 Å². The molecule has 1 aromatic carbocycles. The summed E-state index contributed by atoms with van der Waals surface area (Å²) in [5, 5.41) is 8.12. The predicted octanol–water partition coefficient (Wildman–Crippen LogP) is 3.54. The molecule has 0 bridgehead atoms. The number of hydrogen-bond donors (Lipinski definition) is 1. The number of pyridine rings is 1. The monoisotopic (exact) mass is 409 g/mol. The van der Waals surface area contributed by atoms with E-state index in [4.69, 9.17) is 4.74 Å². The van der Waals surface area contributed by atoms with E-state index < -0.39 is 0 Å². The van der Waals surface area contributed by atoms with Gasteiger partial charge in [-0.15, -0.1) is 0 Å². The third-order valence-electron chi connectivity index (χ3n) is 5.52. The number of ether oxygens (including phenoxy) is 1. The highest BCUT2D eigenvalue weighted by Crippen LogP contribution is 2.19. The van der Waals surface area contributed by atoms with Crippen molar-refractivity contribution in [2.45, 2.75) is 40.0 Å². The van der Waals surface area contributed by atoms with Crippen molar-refractivity contribution < 1.29 is 9.13 Å². The predicted molar refractivity (Wildman–Crippen MR) is 115 cm³/mol. The summed E-state index contributed by atoms with van der Waals surface area (Å²) in [5.41, 5.74) is 5.19. The van der Waals surface area contributed by atoms with Gasteiger partial charge in [-0.05, 0) is 56.7 Å². The van der Waals surface area contributed by atoms with Crippen LogP contribution < -0.4 is 10.2 Å². The van der Waals surface area contributed by atoms with E-state index in [1.807, 2.05) is 24.7 Å². The maximum atomic E-state index is 13.2. The van der Waals surface area contributed by atoms with Crippen molar-refractivity contribution in [3.8, 4) is 5.69 Å². The highest BCUT2D eigenvalue weighted by Gasteiger charge is 2.18. The van der Waals surface area contributed by atoms with E-state index >= 15 is 0 Å². The Morgan fingerprint density at radius 1 is 1.13 bits per heavy atom. The van der Waals surface area contributed by atoms with Crippen LogP contribution >= 0.6 is 0 Å². The number of aryl methyl sites for hydroxylation is 1. The molecule has 6 nitrogen and oxygen atoms in total. The number of halogens is 1. The van der Waals surface area contributed by atoms with Crippen molar-refractivity contribution in [3.05, 3.63) is 70.9 Å². The minimum absolute atomic E-state index is 0.240. The Bertz CT molecular complexity index is 984. The summed E-state index contributed by atoms with van der Waals surface area (Å²) < 4.78 is 20.7. The maximum absolute atomic E-state index is 13.2. The number of benzene rings is 1. The largest absolute Gasteiger partial charge is 0.375 e. The summed E-state index contributed by atoms with van der Waals surface area (Å²) in [4.78, 5) is 6.90. The number of rotatable bonds is 6. The van der Waals surface area contributed by atoms with Crippen LogP contribution in [0.2, 0.25) is 0 Å². The molecule has 1 atom stereocenters. The highest BCUT2D eigenvalue weighted by atomic mass is 19.1. The Balaban J connectivity index is 1.37. The van der Waals surface area contributed by atoms with Crippen LogP contribution in [0.1, 0.15) is 29.4 Å². The molecule has 1 fully saturated rings. The van der Waals surface area contributed by atoms with Crippen molar-refractivity contribution in [1.82, 2.24) is 20.1 Å². The second-order valence-corrected chi connectivity index (χ2v) is 7.79. The van der Waals surface area contributed by atoms with Crippen molar-refractivity contribution in [1.29, 1.82) is 0 Å². The van der Waals surface area contributed by atoms with Crippen LogP contribution in [0.25, 0.3) is 5.69 Å². The Morgan fingerprint density at radius 2 is 1.93 bits per heavy atom. The van der Waals surface area contributed by atoms with E-state index in [0.29, 0.717) is 6.54 Å². The van der Waals surface area contributed by atoms with Crippen LogP contribution in [0.5, 0.6) is 0 Å². The molecule has 1 N–H and O–H groups in total. The molecule has 4 rings (SSSR count). The van der Waals surface area contributed by atoms with Gasteiger partial charge in [0.25, 0.3) is 0 Å². The van der Waals surface area contributed by atoms with Crippen LogP contribution in [0.4, 0.5) is 10.2 Å². The van der Waals surface area contributed by atoms with Crippen molar-refractivity contribution in [2.24, 2.45) is 0 Å². The van der Waals surface area contributed by atoms with E-state index in [0.717, 1.165) is 60.3 Å².